The molecule has 0 unspecified atom stereocenters. The van der Waals surface area contributed by atoms with E-state index in [1.807, 2.05) is 24.3 Å². The van der Waals surface area contributed by atoms with Crippen molar-refractivity contribution < 1.29 is 14.3 Å². The standard InChI is InChI=1S/C26H34O3S/c27-26(28-19-7-3-4-8-20-30)23-13-11-21(12-14-23)22-15-17-25(18-16-22)29-24-9-5-1-2-6-10-24/h11-18,24,30H,1-10,19-20H2. The van der Waals surface area contributed by atoms with Crippen LogP contribution in [-0.2, 0) is 4.74 Å². The lowest BCUT2D eigenvalue weighted by atomic mass is 10.0. The van der Waals surface area contributed by atoms with Gasteiger partial charge < -0.3 is 9.47 Å². The molecule has 0 N–H and O–H groups in total. The Hall–Kier alpha value is -1.94. The Labute approximate surface area is 186 Å². The number of carbonyl (C=O) groups excluding carboxylic acids is 1. The predicted octanol–water partition coefficient (Wildman–Crippen LogP) is 7.10. The number of benzene rings is 2. The lowest BCUT2D eigenvalue weighted by Gasteiger charge is -2.17. The average Bonchev–Trinajstić information content (AvgIpc) is 3.05. The van der Waals surface area contributed by atoms with Gasteiger partial charge in [-0.05, 0) is 79.7 Å². The molecule has 0 spiro atoms. The van der Waals surface area contributed by atoms with Gasteiger partial charge >= 0.3 is 5.97 Å². The van der Waals surface area contributed by atoms with Gasteiger partial charge in [0.1, 0.15) is 5.75 Å². The number of hydrogen-bond donors (Lipinski definition) is 1. The van der Waals surface area contributed by atoms with Gasteiger partial charge in [-0.1, -0.05) is 49.9 Å². The fourth-order valence-electron chi connectivity index (χ4n) is 3.89. The summed E-state index contributed by atoms with van der Waals surface area (Å²) in [7, 11) is 0. The Balaban J connectivity index is 1.48. The third-order valence-corrected chi connectivity index (χ3v) is 6.02. The molecule has 0 saturated heterocycles. The van der Waals surface area contributed by atoms with Crippen LogP contribution >= 0.6 is 12.6 Å². The number of esters is 1. The van der Waals surface area contributed by atoms with Gasteiger partial charge in [0.2, 0.25) is 0 Å². The maximum Gasteiger partial charge on any atom is 0.338 e. The van der Waals surface area contributed by atoms with E-state index in [-0.39, 0.29) is 5.97 Å². The molecule has 0 aromatic heterocycles. The Morgan fingerprint density at radius 1 is 0.800 bits per heavy atom. The van der Waals surface area contributed by atoms with Crippen LogP contribution in [0.1, 0.15) is 74.6 Å². The number of thiol groups is 1. The van der Waals surface area contributed by atoms with Gasteiger partial charge in [0.25, 0.3) is 0 Å². The minimum Gasteiger partial charge on any atom is -0.490 e. The summed E-state index contributed by atoms with van der Waals surface area (Å²) >= 11 is 4.20. The van der Waals surface area contributed by atoms with Crippen LogP contribution in [0.3, 0.4) is 0 Å². The van der Waals surface area contributed by atoms with Gasteiger partial charge in [-0.15, -0.1) is 0 Å². The van der Waals surface area contributed by atoms with Crippen molar-refractivity contribution in [3.63, 3.8) is 0 Å². The van der Waals surface area contributed by atoms with Crippen molar-refractivity contribution in [2.24, 2.45) is 0 Å². The first kappa shape index (κ1) is 22.7. The summed E-state index contributed by atoms with van der Waals surface area (Å²) in [4.78, 5) is 12.2. The normalized spacial score (nSPS) is 14.8. The second-order valence-corrected chi connectivity index (χ2v) is 8.55. The lowest BCUT2D eigenvalue weighted by Crippen LogP contribution is -2.14. The van der Waals surface area contributed by atoms with E-state index in [1.165, 1.54) is 25.7 Å². The van der Waals surface area contributed by atoms with Crippen molar-refractivity contribution >= 4 is 18.6 Å². The first-order chi connectivity index (χ1) is 14.8. The summed E-state index contributed by atoms with van der Waals surface area (Å²) in [5, 5.41) is 0. The second kappa shape index (κ2) is 12.7. The molecule has 0 amide bonds. The molecule has 0 atom stereocenters. The average molecular weight is 427 g/mol. The lowest BCUT2D eigenvalue weighted by molar-refractivity contribution is 0.0498. The van der Waals surface area contributed by atoms with E-state index in [0.717, 1.165) is 61.2 Å². The number of rotatable bonds is 10. The summed E-state index contributed by atoms with van der Waals surface area (Å²) in [5.41, 5.74) is 2.80. The summed E-state index contributed by atoms with van der Waals surface area (Å²) in [6, 6.07) is 15.9. The van der Waals surface area contributed by atoms with E-state index in [2.05, 4.69) is 36.9 Å². The van der Waals surface area contributed by atoms with E-state index >= 15 is 0 Å². The third kappa shape index (κ3) is 7.39. The van der Waals surface area contributed by atoms with Crippen molar-refractivity contribution in [3.05, 3.63) is 54.1 Å². The van der Waals surface area contributed by atoms with E-state index in [0.29, 0.717) is 18.3 Å². The van der Waals surface area contributed by atoms with Crippen LogP contribution in [0.25, 0.3) is 11.1 Å². The van der Waals surface area contributed by atoms with E-state index < -0.39 is 0 Å². The van der Waals surface area contributed by atoms with Gasteiger partial charge in [-0.3, -0.25) is 0 Å². The molecule has 2 aromatic carbocycles. The number of unbranched alkanes of at least 4 members (excludes halogenated alkanes) is 3. The molecule has 1 fully saturated rings. The minimum absolute atomic E-state index is 0.247. The number of carbonyl (C=O) groups is 1. The first-order valence-electron chi connectivity index (χ1n) is 11.4. The highest BCUT2D eigenvalue weighted by Crippen LogP contribution is 2.26. The van der Waals surface area contributed by atoms with Crippen LogP contribution in [0.15, 0.2) is 48.5 Å². The molecule has 0 aliphatic heterocycles. The summed E-state index contributed by atoms with van der Waals surface area (Å²) in [6.45, 7) is 0.482. The van der Waals surface area contributed by atoms with E-state index in [9.17, 15) is 4.79 Å². The van der Waals surface area contributed by atoms with Crippen LogP contribution in [0, 0.1) is 0 Å². The summed E-state index contributed by atoms with van der Waals surface area (Å²) in [5.74, 6) is 1.62. The van der Waals surface area contributed by atoms with Gasteiger partial charge in [0.15, 0.2) is 0 Å². The largest absolute Gasteiger partial charge is 0.490 e. The Kier molecular flexibility index (Phi) is 9.62. The fourth-order valence-corrected chi connectivity index (χ4v) is 4.12. The molecule has 30 heavy (non-hydrogen) atoms. The highest BCUT2D eigenvalue weighted by Gasteiger charge is 2.14. The minimum atomic E-state index is -0.247. The van der Waals surface area contributed by atoms with Crippen LogP contribution in [0.2, 0.25) is 0 Å². The van der Waals surface area contributed by atoms with Crippen LogP contribution in [0.5, 0.6) is 5.75 Å². The zero-order valence-corrected chi connectivity index (χ0v) is 18.7. The monoisotopic (exact) mass is 426 g/mol. The van der Waals surface area contributed by atoms with E-state index in [4.69, 9.17) is 9.47 Å². The molecule has 3 rings (SSSR count). The quantitative estimate of drug-likeness (QED) is 0.190. The summed E-state index contributed by atoms with van der Waals surface area (Å²) < 4.78 is 11.6. The van der Waals surface area contributed by atoms with Crippen LogP contribution in [0.4, 0.5) is 0 Å². The molecule has 1 saturated carbocycles. The molecule has 2 aromatic rings. The van der Waals surface area contributed by atoms with Crippen molar-refractivity contribution in [1.82, 2.24) is 0 Å². The first-order valence-corrected chi connectivity index (χ1v) is 12.0. The highest BCUT2D eigenvalue weighted by molar-refractivity contribution is 7.80. The second-order valence-electron chi connectivity index (χ2n) is 8.11. The van der Waals surface area contributed by atoms with Crippen molar-refractivity contribution in [2.75, 3.05) is 12.4 Å². The van der Waals surface area contributed by atoms with Gasteiger partial charge in [-0.2, -0.15) is 12.6 Å². The Morgan fingerprint density at radius 2 is 1.40 bits per heavy atom. The maximum atomic E-state index is 12.2. The zero-order chi connectivity index (χ0) is 21.0. The number of ether oxygens (including phenoxy) is 2. The molecule has 0 heterocycles. The predicted molar refractivity (Wildman–Crippen MR) is 127 cm³/mol. The fraction of sp³-hybridized carbons (Fsp3) is 0.500. The van der Waals surface area contributed by atoms with E-state index in [1.54, 1.807) is 0 Å². The molecule has 0 radical (unpaired) electrons. The molecule has 3 nitrogen and oxygen atoms in total. The van der Waals surface area contributed by atoms with Crippen molar-refractivity contribution in [3.8, 4) is 16.9 Å². The topological polar surface area (TPSA) is 35.5 Å². The Bertz CT molecular complexity index is 747. The molecule has 1 aliphatic carbocycles. The zero-order valence-electron chi connectivity index (χ0n) is 17.9. The summed E-state index contributed by atoms with van der Waals surface area (Å²) in [6.07, 6.45) is 12.1. The van der Waals surface area contributed by atoms with Crippen molar-refractivity contribution in [1.29, 1.82) is 0 Å². The number of hydrogen-bond acceptors (Lipinski definition) is 4. The van der Waals surface area contributed by atoms with Crippen molar-refractivity contribution in [2.45, 2.75) is 70.3 Å². The van der Waals surface area contributed by atoms with Gasteiger partial charge in [0.05, 0.1) is 18.3 Å². The Morgan fingerprint density at radius 3 is 2.03 bits per heavy atom. The molecule has 162 valence electrons. The molecule has 4 heteroatoms. The maximum absolute atomic E-state index is 12.2. The molecule has 0 bridgehead atoms. The van der Waals surface area contributed by atoms with Crippen LogP contribution in [-0.4, -0.2) is 24.4 Å². The molecular weight excluding hydrogens is 392 g/mol. The highest BCUT2D eigenvalue weighted by atomic mass is 32.1. The SMILES string of the molecule is O=C(OCCCCCCS)c1ccc(-c2ccc(OC3CCCCCC3)cc2)cc1. The van der Waals surface area contributed by atoms with Gasteiger partial charge in [0, 0.05) is 0 Å². The van der Waals surface area contributed by atoms with Crippen LogP contribution < -0.4 is 4.74 Å². The third-order valence-electron chi connectivity index (χ3n) is 5.70. The smallest absolute Gasteiger partial charge is 0.338 e. The van der Waals surface area contributed by atoms with Gasteiger partial charge in [-0.25, -0.2) is 4.79 Å². The molecule has 1 aliphatic rings. The molecular formula is C26H34O3S.